The molecule has 188 valence electrons. The van der Waals surface area contributed by atoms with Gasteiger partial charge >= 0.3 is 0 Å². The minimum atomic E-state index is -3.45. The molecule has 4 aromatic rings. The number of ether oxygens (including phenoxy) is 1. The lowest BCUT2D eigenvalue weighted by molar-refractivity contribution is 0.198. The van der Waals surface area contributed by atoms with Crippen LogP contribution in [0.3, 0.4) is 0 Å². The number of hydrogen-bond donors (Lipinski definition) is 1. The minimum Gasteiger partial charge on any atom is -0.380 e. The van der Waals surface area contributed by atoms with Crippen molar-refractivity contribution in [1.29, 1.82) is 0 Å². The molecular formula is C26H27FN4O4S. The molecule has 3 heterocycles. The lowest BCUT2D eigenvalue weighted by Crippen LogP contribution is -2.21. The van der Waals surface area contributed by atoms with Crippen LogP contribution in [0.5, 0.6) is 0 Å². The molecule has 0 bridgehead atoms. The Morgan fingerprint density at radius 2 is 1.94 bits per heavy atom. The van der Waals surface area contributed by atoms with Crippen molar-refractivity contribution in [3.05, 3.63) is 71.8 Å². The van der Waals surface area contributed by atoms with E-state index in [-0.39, 0.29) is 12.9 Å². The summed E-state index contributed by atoms with van der Waals surface area (Å²) >= 11 is 0. The Morgan fingerprint density at radius 1 is 1.14 bits per heavy atom. The van der Waals surface area contributed by atoms with Gasteiger partial charge in [-0.3, -0.25) is 4.98 Å². The highest BCUT2D eigenvalue weighted by Gasteiger charge is 2.31. The van der Waals surface area contributed by atoms with Crippen LogP contribution < -0.4 is 5.32 Å². The van der Waals surface area contributed by atoms with E-state index in [1.807, 2.05) is 6.07 Å². The van der Waals surface area contributed by atoms with Crippen LogP contribution in [0.25, 0.3) is 34.0 Å². The Bertz CT molecular complexity index is 1500. The SMILES string of the molecule is CNCc1ccc(-c2cc(-c3nc(-c4ccc(S(=O)(=O)C5CCOC5)cc4)cnc3C)on2)c(F)c1.[HH]. The summed E-state index contributed by atoms with van der Waals surface area (Å²) in [5, 5.41) is 6.52. The Balaban J connectivity index is 0.00000320. The monoisotopic (exact) mass is 510 g/mol. The normalized spacial score (nSPS) is 15.9. The van der Waals surface area contributed by atoms with Gasteiger partial charge in [0.15, 0.2) is 15.6 Å². The lowest BCUT2D eigenvalue weighted by Gasteiger charge is -2.11. The number of halogens is 1. The summed E-state index contributed by atoms with van der Waals surface area (Å²) in [6, 6.07) is 13.2. The van der Waals surface area contributed by atoms with E-state index in [2.05, 4.69) is 20.4 Å². The van der Waals surface area contributed by atoms with Gasteiger partial charge in [-0.1, -0.05) is 23.4 Å². The average molecular weight is 511 g/mol. The third kappa shape index (κ3) is 4.67. The Labute approximate surface area is 209 Å². The number of nitrogens with zero attached hydrogens (tertiary/aromatic N) is 3. The van der Waals surface area contributed by atoms with Gasteiger partial charge in [-0.15, -0.1) is 0 Å². The first kappa shape index (κ1) is 24.2. The van der Waals surface area contributed by atoms with E-state index in [0.29, 0.717) is 59.2 Å². The van der Waals surface area contributed by atoms with Crippen LogP contribution in [0, 0.1) is 12.7 Å². The van der Waals surface area contributed by atoms with Crippen molar-refractivity contribution >= 4 is 9.84 Å². The molecule has 0 spiro atoms. The highest BCUT2D eigenvalue weighted by atomic mass is 32.2. The molecule has 0 radical (unpaired) electrons. The van der Waals surface area contributed by atoms with Crippen LogP contribution in [-0.4, -0.2) is 49.1 Å². The quantitative estimate of drug-likeness (QED) is 0.389. The lowest BCUT2D eigenvalue weighted by atomic mass is 10.1. The second-order valence-electron chi connectivity index (χ2n) is 8.67. The average Bonchev–Trinajstić information content (AvgIpc) is 3.58. The molecule has 1 aliphatic heterocycles. The standard InChI is InChI=1S/C26H25FN4O4S.H2/c1-16-26(25-12-23(31-35-25)21-8-3-17(13-28-2)11-22(21)27)30-24(14-29-16)18-4-6-19(7-5-18)36(32,33)20-9-10-34-15-20;/h3-8,11-12,14,20,28H,9-10,13,15H2,1-2H3;1H. The maximum Gasteiger partial charge on any atom is 0.187 e. The van der Waals surface area contributed by atoms with E-state index >= 15 is 0 Å². The molecule has 2 aromatic heterocycles. The zero-order valence-corrected chi connectivity index (χ0v) is 20.7. The van der Waals surface area contributed by atoms with Crippen molar-refractivity contribution in [2.75, 3.05) is 20.3 Å². The van der Waals surface area contributed by atoms with Gasteiger partial charge in [0.2, 0.25) is 0 Å². The fraction of sp³-hybridized carbons (Fsp3) is 0.269. The second kappa shape index (κ2) is 9.88. The molecule has 1 unspecified atom stereocenters. The van der Waals surface area contributed by atoms with Gasteiger partial charge in [-0.2, -0.15) is 0 Å². The van der Waals surface area contributed by atoms with Crippen LogP contribution in [0.2, 0.25) is 0 Å². The number of hydrogen-bond acceptors (Lipinski definition) is 8. The first-order chi connectivity index (χ1) is 17.4. The molecular weight excluding hydrogens is 483 g/mol. The predicted molar refractivity (Wildman–Crippen MR) is 134 cm³/mol. The first-order valence-electron chi connectivity index (χ1n) is 11.5. The first-order valence-corrected chi connectivity index (χ1v) is 13.1. The molecule has 1 fully saturated rings. The van der Waals surface area contributed by atoms with Gasteiger partial charge in [0.1, 0.15) is 17.2 Å². The smallest absolute Gasteiger partial charge is 0.187 e. The van der Waals surface area contributed by atoms with E-state index in [1.54, 1.807) is 56.6 Å². The summed E-state index contributed by atoms with van der Waals surface area (Å²) in [5.74, 6) is -0.0330. The zero-order chi connectivity index (χ0) is 25.3. The molecule has 36 heavy (non-hydrogen) atoms. The number of aryl methyl sites for hydroxylation is 1. The van der Waals surface area contributed by atoms with E-state index in [9.17, 15) is 12.8 Å². The summed E-state index contributed by atoms with van der Waals surface area (Å²) < 4.78 is 51.0. The molecule has 0 aliphatic carbocycles. The minimum absolute atomic E-state index is 0. The van der Waals surface area contributed by atoms with Crippen LogP contribution >= 0.6 is 0 Å². The molecule has 0 amide bonds. The van der Waals surface area contributed by atoms with E-state index in [4.69, 9.17) is 9.26 Å². The maximum atomic E-state index is 14.7. The van der Waals surface area contributed by atoms with Crippen molar-refractivity contribution in [2.24, 2.45) is 0 Å². The van der Waals surface area contributed by atoms with E-state index in [1.165, 1.54) is 6.07 Å². The molecule has 1 N–H and O–H groups in total. The highest BCUT2D eigenvalue weighted by Crippen LogP contribution is 2.30. The van der Waals surface area contributed by atoms with Gasteiger partial charge in [0, 0.05) is 31.8 Å². The van der Waals surface area contributed by atoms with Crippen LogP contribution in [0.4, 0.5) is 4.39 Å². The van der Waals surface area contributed by atoms with Crippen molar-refractivity contribution in [3.63, 3.8) is 0 Å². The number of nitrogens with one attached hydrogen (secondary N) is 1. The largest absolute Gasteiger partial charge is 0.380 e. The number of rotatable bonds is 7. The van der Waals surface area contributed by atoms with Crippen LogP contribution in [-0.2, 0) is 21.1 Å². The number of benzene rings is 2. The van der Waals surface area contributed by atoms with Gasteiger partial charge < -0.3 is 14.6 Å². The van der Waals surface area contributed by atoms with Gasteiger partial charge in [-0.05, 0) is 50.2 Å². The molecule has 1 saturated heterocycles. The van der Waals surface area contributed by atoms with Crippen molar-refractivity contribution in [1.82, 2.24) is 20.4 Å². The third-order valence-corrected chi connectivity index (χ3v) is 8.37. The third-order valence-electron chi connectivity index (χ3n) is 6.19. The predicted octanol–water partition coefficient (Wildman–Crippen LogP) is 4.44. The Morgan fingerprint density at radius 3 is 2.64 bits per heavy atom. The van der Waals surface area contributed by atoms with Gasteiger partial charge in [0.25, 0.3) is 0 Å². The fourth-order valence-electron chi connectivity index (χ4n) is 4.18. The molecule has 2 aromatic carbocycles. The van der Waals surface area contributed by atoms with E-state index in [0.717, 1.165) is 5.56 Å². The molecule has 5 rings (SSSR count). The summed E-state index contributed by atoms with van der Waals surface area (Å²) in [5.41, 5.74) is 3.85. The fourth-order valence-corrected chi connectivity index (χ4v) is 5.76. The summed E-state index contributed by atoms with van der Waals surface area (Å²) in [4.78, 5) is 9.37. The van der Waals surface area contributed by atoms with Gasteiger partial charge in [-0.25, -0.2) is 17.8 Å². The van der Waals surface area contributed by atoms with Crippen LogP contribution in [0.1, 0.15) is 19.1 Å². The molecule has 1 aliphatic rings. The molecule has 10 heteroatoms. The topological polar surface area (TPSA) is 107 Å². The number of aromatic nitrogens is 3. The van der Waals surface area contributed by atoms with Crippen molar-refractivity contribution < 1.29 is 23.5 Å². The number of sulfone groups is 1. The maximum absolute atomic E-state index is 14.7. The summed E-state index contributed by atoms with van der Waals surface area (Å²) in [6.07, 6.45) is 2.12. The summed E-state index contributed by atoms with van der Waals surface area (Å²) in [7, 11) is -1.65. The second-order valence-corrected chi connectivity index (χ2v) is 10.9. The van der Waals surface area contributed by atoms with E-state index < -0.39 is 20.9 Å². The zero-order valence-electron chi connectivity index (χ0n) is 19.9. The van der Waals surface area contributed by atoms with Gasteiger partial charge in [0.05, 0.1) is 34.3 Å². The Kier molecular flexibility index (Phi) is 6.65. The summed E-state index contributed by atoms with van der Waals surface area (Å²) in [6.45, 7) is 3.03. The Hall–Kier alpha value is -3.47. The highest BCUT2D eigenvalue weighted by molar-refractivity contribution is 7.92. The van der Waals surface area contributed by atoms with Crippen molar-refractivity contribution in [2.45, 2.75) is 30.0 Å². The van der Waals surface area contributed by atoms with Crippen molar-refractivity contribution in [3.8, 4) is 34.0 Å². The van der Waals surface area contributed by atoms with Crippen LogP contribution in [0.15, 0.2) is 64.1 Å². The molecule has 1 atom stereocenters. The molecule has 8 nitrogen and oxygen atoms in total. The molecule has 0 saturated carbocycles.